The van der Waals surface area contributed by atoms with Crippen molar-refractivity contribution in [2.75, 3.05) is 67.6 Å². The van der Waals surface area contributed by atoms with Crippen LogP contribution in [-0.4, -0.2) is 130 Å². The average molecular weight is 874 g/mol. The zero-order chi connectivity index (χ0) is 44.9. The van der Waals surface area contributed by atoms with Crippen LogP contribution < -0.4 is 9.47 Å². The van der Waals surface area contributed by atoms with E-state index in [4.69, 9.17) is 9.47 Å². The Morgan fingerprint density at radius 1 is 0.661 bits per heavy atom. The monoisotopic (exact) mass is 873 g/mol. The molecule has 334 valence electrons. The molecule has 7 heterocycles. The second kappa shape index (κ2) is 16.6. The first-order chi connectivity index (χ1) is 29.3. The van der Waals surface area contributed by atoms with Crippen LogP contribution in [0.1, 0.15) is 79.8 Å². The number of piperidine rings is 2. The Labute approximate surface area is 354 Å². The molecule has 0 atom stereocenters. The van der Waals surface area contributed by atoms with Gasteiger partial charge in [-0.1, -0.05) is 0 Å². The highest BCUT2D eigenvalue weighted by atomic mass is 19.4. The number of rotatable bonds is 5. The minimum absolute atomic E-state index is 0.0166. The highest BCUT2D eigenvalue weighted by Gasteiger charge is 2.49. The molecular weight excluding hydrogens is 825 g/mol. The lowest BCUT2D eigenvalue weighted by Gasteiger charge is -2.50. The highest BCUT2D eigenvalue weighted by molar-refractivity contribution is 5.99. The number of hydrogen-bond donors (Lipinski definition) is 1. The van der Waals surface area contributed by atoms with Crippen molar-refractivity contribution in [1.29, 1.82) is 0 Å². The van der Waals surface area contributed by atoms with Crippen LogP contribution in [0, 0.1) is 6.92 Å². The molecule has 13 nitrogen and oxygen atoms in total. The Morgan fingerprint density at radius 3 is 1.73 bits per heavy atom. The number of ketones is 1. The molecule has 0 aliphatic carbocycles. The third-order valence-corrected chi connectivity index (χ3v) is 13.1. The summed E-state index contributed by atoms with van der Waals surface area (Å²) in [6.07, 6.45) is -7.10. The van der Waals surface area contributed by atoms with Crippen LogP contribution in [0.25, 0.3) is 0 Å². The standard InChI is InChI=1S/C22H26F3N3O3.C21H23F3N4O3/c1-26-12-13-28-18(6-7-19(28)22(23,24)25)21(26)8-10-27(11-9-21)20(29)15-4-5-16(30-2)17(14-15)31-3;1-13-16(29)5-3-14(25-13)19(31)27-9-7-20(8-10-27)17-6-4-15(18(30)21(22,23)24)28(17)12-11-26(20)2/h4-7,14H,8-13H2,1-3H3;3-6,29H,7-12H2,1-2H3. The van der Waals surface area contributed by atoms with Gasteiger partial charge in [0.05, 0.1) is 36.7 Å². The fraction of sp³-hybridized carbons (Fsp3) is 0.488. The molecule has 4 aliphatic heterocycles. The van der Waals surface area contributed by atoms with Crippen molar-refractivity contribution in [3.05, 3.63) is 94.3 Å². The molecule has 1 aromatic carbocycles. The second-order valence-electron chi connectivity index (χ2n) is 16.2. The molecule has 0 unspecified atom stereocenters. The molecule has 2 saturated heterocycles. The van der Waals surface area contributed by atoms with E-state index in [-0.39, 0.29) is 29.0 Å². The number of aryl methyl sites for hydroxylation is 1. The summed E-state index contributed by atoms with van der Waals surface area (Å²) in [4.78, 5) is 49.6. The van der Waals surface area contributed by atoms with E-state index in [0.29, 0.717) is 112 Å². The number of hydrogen-bond acceptors (Lipinski definition) is 9. The van der Waals surface area contributed by atoms with Gasteiger partial charge in [-0.25, -0.2) is 4.98 Å². The van der Waals surface area contributed by atoms with Crippen molar-refractivity contribution in [2.24, 2.45) is 0 Å². The smallest absolute Gasteiger partial charge is 0.456 e. The molecule has 4 aliphatic rings. The zero-order valence-electron chi connectivity index (χ0n) is 35.1. The largest absolute Gasteiger partial charge is 0.506 e. The van der Waals surface area contributed by atoms with Crippen LogP contribution in [0.4, 0.5) is 26.3 Å². The van der Waals surface area contributed by atoms with Gasteiger partial charge in [0.1, 0.15) is 17.1 Å². The second-order valence-corrected chi connectivity index (χ2v) is 16.2. The fourth-order valence-electron chi connectivity index (χ4n) is 9.56. The summed E-state index contributed by atoms with van der Waals surface area (Å²) in [7, 11) is 6.92. The van der Waals surface area contributed by atoms with Crippen molar-refractivity contribution in [1.82, 2.24) is 33.7 Å². The lowest BCUT2D eigenvalue weighted by molar-refractivity contribution is -0.144. The van der Waals surface area contributed by atoms with E-state index in [9.17, 15) is 45.8 Å². The van der Waals surface area contributed by atoms with Crippen molar-refractivity contribution in [3.63, 3.8) is 0 Å². The number of Topliss-reactive ketones (excluding diaryl/α,β-unsaturated/α-hetero) is 1. The lowest BCUT2D eigenvalue weighted by Crippen LogP contribution is -2.56. The highest BCUT2D eigenvalue weighted by Crippen LogP contribution is 2.45. The third-order valence-electron chi connectivity index (χ3n) is 13.1. The Morgan fingerprint density at radius 2 is 1.19 bits per heavy atom. The molecule has 2 fully saturated rings. The SMILES string of the molecule is COc1ccc(C(=O)N2CCC3(CC2)c2ccc(C(F)(F)F)n2CCN3C)cc1OC.Cc1nc(C(=O)N2CCC3(CC2)c2ccc(C(=O)C(F)(F)F)n2CCN3C)ccc1O. The Balaban J connectivity index is 0.000000186. The van der Waals surface area contributed by atoms with Gasteiger partial charge in [0.15, 0.2) is 11.5 Å². The molecule has 0 bridgehead atoms. The Kier molecular flexibility index (Phi) is 11.9. The normalized spacial score (nSPS) is 18.8. The fourth-order valence-corrected chi connectivity index (χ4v) is 9.56. The number of likely N-dealkylation sites (N-methyl/N-ethyl adjacent to an activating group) is 2. The van der Waals surface area contributed by atoms with Crippen molar-refractivity contribution in [3.8, 4) is 17.2 Å². The molecule has 0 saturated carbocycles. The van der Waals surface area contributed by atoms with E-state index in [1.54, 1.807) is 47.1 Å². The van der Waals surface area contributed by atoms with Gasteiger partial charge >= 0.3 is 12.4 Å². The lowest BCUT2D eigenvalue weighted by atomic mass is 9.81. The zero-order valence-corrected chi connectivity index (χ0v) is 35.1. The number of alkyl halides is 6. The summed E-state index contributed by atoms with van der Waals surface area (Å²) in [5, 5.41) is 9.63. The molecule has 62 heavy (non-hydrogen) atoms. The van der Waals surface area contributed by atoms with Crippen molar-refractivity contribution >= 4 is 17.6 Å². The first kappa shape index (κ1) is 44.5. The van der Waals surface area contributed by atoms with E-state index in [1.165, 1.54) is 47.6 Å². The van der Waals surface area contributed by atoms with E-state index in [1.807, 2.05) is 14.1 Å². The van der Waals surface area contributed by atoms with E-state index in [0.717, 1.165) is 0 Å². The van der Waals surface area contributed by atoms with Crippen LogP contribution in [0.5, 0.6) is 17.2 Å². The molecule has 3 aromatic heterocycles. The molecule has 19 heteroatoms. The summed E-state index contributed by atoms with van der Waals surface area (Å²) in [5.74, 6) is -1.17. The number of methoxy groups -OCH3 is 2. The number of aromatic nitrogens is 3. The average Bonchev–Trinajstić information content (AvgIpc) is 3.91. The first-order valence-corrected chi connectivity index (χ1v) is 20.2. The number of halogens is 6. The molecule has 8 rings (SSSR count). The van der Waals surface area contributed by atoms with Gasteiger partial charge < -0.3 is 33.5 Å². The van der Waals surface area contributed by atoms with Gasteiger partial charge in [0.25, 0.3) is 17.6 Å². The minimum Gasteiger partial charge on any atom is -0.506 e. The van der Waals surface area contributed by atoms with Gasteiger partial charge in [0.2, 0.25) is 0 Å². The molecule has 2 spiro atoms. The predicted molar refractivity (Wildman–Crippen MR) is 213 cm³/mol. The quantitative estimate of drug-likeness (QED) is 0.181. The number of carbonyl (C=O) groups is 3. The summed E-state index contributed by atoms with van der Waals surface area (Å²) in [5.41, 5.74) is 0.486. The molecule has 2 amide bonds. The summed E-state index contributed by atoms with van der Waals surface area (Å²) in [6, 6.07) is 13.6. The van der Waals surface area contributed by atoms with Crippen LogP contribution in [0.3, 0.4) is 0 Å². The van der Waals surface area contributed by atoms with Gasteiger partial charge in [-0.3, -0.25) is 24.2 Å². The third kappa shape index (κ3) is 7.88. The van der Waals surface area contributed by atoms with Crippen LogP contribution in [-0.2, 0) is 30.3 Å². The number of nitrogens with zero attached hydrogens (tertiary/aromatic N) is 7. The molecule has 4 aromatic rings. The van der Waals surface area contributed by atoms with Gasteiger partial charge in [0, 0.05) is 69.3 Å². The molecule has 1 N–H and O–H groups in total. The van der Waals surface area contributed by atoms with E-state index in [2.05, 4.69) is 14.8 Å². The number of pyridine rings is 1. The maximum absolute atomic E-state index is 13.4. The number of likely N-dealkylation sites (tertiary alicyclic amines) is 2. The molecular formula is C43H49F6N7O6. The summed E-state index contributed by atoms with van der Waals surface area (Å²) >= 11 is 0. The topological polar surface area (TPSA) is 126 Å². The molecule has 0 radical (unpaired) electrons. The number of amides is 2. The maximum atomic E-state index is 13.4. The Bertz CT molecular complexity index is 2340. The summed E-state index contributed by atoms with van der Waals surface area (Å²) < 4.78 is 92.7. The Hall–Kier alpha value is -5.56. The first-order valence-electron chi connectivity index (χ1n) is 20.2. The summed E-state index contributed by atoms with van der Waals surface area (Å²) in [6.45, 7) is 5.00. The van der Waals surface area contributed by atoms with Crippen LogP contribution >= 0.6 is 0 Å². The number of fused-ring (bicyclic) bond motifs is 4. The van der Waals surface area contributed by atoms with E-state index < -0.39 is 34.9 Å². The number of aromatic hydroxyl groups is 1. The maximum Gasteiger partial charge on any atom is 0.456 e. The minimum atomic E-state index is -4.92. The number of carbonyl (C=O) groups excluding carboxylic acids is 3. The van der Waals surface area contributed by atoms with Crippen LogP contribution in [0.2, 0.25) is 0 Å². The van der Waals surface area contributed by atoms with Crippen molar-refractivity contribution < 1.29 is 55.3 Å². The number of benzene rings is 1. The van der Waals surface area contributed by atoms with Crippen LogP contribution in [0.15, 0.2) is 54.6 Å². The van der Waals surface area contributed by atoms with E-state index >= 15 is 0 Å². The van der Waals surface area contributed by atoms with Crippen molar-refractivity contribution in [2.45, 2.75) is 69.1 Å². The van der Waals surface area contributed by atoms with Gasteiger partial charge in [-0.05, 0) is 101 Å². The predicted octanol–water partition coefficient (Wildman–Crippen LogP) is 6.32. The number of ether oxygens (including phenoxy) is 2. The van der Waals surface area contributed by atoms with Gasteiger partial charge in [-0.15, -0.1) is 0 Å². The van der Waals surface area contributed by atoms with Gasteiger partial charge in [-0.2, -0.15) is 26.3 Å².